The number of carbonyl (C=O) groups excluding carboxylic acids is 3. The standard InChI is InChI=1S/C21H23FN2O4S/c1-13(2)23-21(27)24-19(25)14(3)28-20(26)16-9-5-7-11-18(16)29-12-15-8-4-6-10-17(15)22/h4-11,13-14H,12H2,1-3H3,(H2,23,24,25,27)/t14-/m0/s1. The molecule has 0 aliphatic carbocycles. The molecule has 2 rings (SSSR count). The van der Waals surface area contributed by atoms with Crippen LogP contribution in [-0.2, 0) is 15.3 Å². The molecule has 2 aromatic carbocycles. The molecule has 0 radical (unpaired) electrons. The van der Waals surface area contributed by atoms with E-state index in [9.17, 15) is 18.8 Å². The van der Waals surface area contributed by atoms with Gasteiger partial charge in [-0.15, -0.1) is 11.8 Å². The zero-order chi connectivity index (χ0) is 21.4. The summed E-state index contributed by atoms with van der Waals surface area (Å²) < 4.78 is 19.0. The van der Waals surface area contributed by atoms with Gasteiger partial charge >= 0.3 is 12.0 Å². The second-order valence-corrected chi connectivity index (χ2v) is 7.56. The third-order valence-corrected chi connectivity index (χ3v) is 4.88. The van der Waals surface area contributed by atoms with Crippen LogP contribution in [0.2, 0.25) is 0 Å². The van der Waals surface area contributed by atoms with Crippen LogP contribution in [0, 0.1) is 5.82 Å². The number of hydrogen-bond acceptors (Lipinski definition) is 5. The van der Waals surface area contributed by atoms with E-state index in [1.54, 1.807) is 56.3 Å². The van der Waals surface area contributed by atoms with Gasteiger partial charge in [0, 0.05) is 16.7 Å². The van der Waals surface area contributed by atoms with Crippen molar-refractivity contribution < 1.29 is 23.5 Å². The van der Waals surface area contributed by atoms with Crippen molar-refractivity contribution in [3.05, 3.63) is 65.5 Å². The van der Waals surface area contributed by atoms with Crippen LogP contribution >= 0.6 is 11.8 Å². The zero-order valence-electron chi connectivity index (χ0n) is 16.4. The fourth-order valence-corrected chi connectivity index (χ4v) is 3.35. The second kappa shape index (κ2) is 10.6. The van der Waals surface area contributed by atoms with E-state index in [2.05, 4.69) is 10.6 Å². The summed E-state index contributed by atoms with van der Waals surface area (Å²) in [7, 11) is 0. The zero-order valence-corrected chi connectivity index (χ0v) is 17.2. The highest BCUT2D eigenvalue weighted by Crippen LogP contribution is 2.28. The molecule has 2 aromatic rings. The fourth-order valence-electron chi connectivity index (χ4n) is 2.32. The first-order valence-electron chi connectivity index (χ1n) is 9.05. The van der Waals surface area contributed by atoms with Gasteiger partial charge in [-0.3, -0.25) is 10.1 Å². The van der Waals surface area contributed by atoms with Gasteiger partial charge in [-0.25, -0.2) is 14.0 Å². The van der Waals surface area contributed by atoms with E-state index in [0.29, 0.717) is 16.2 Å². The Bertz CT molecular complexity index is 888. The van der Waals surface area contributed by atoms with Gasteiger partial charge in [0.05, 0.1) is 5.56 Å². The van der Waals surface area contributed by atoms with E-state index in [1.807, 2.05) is 0 Å². The molecule has 8 heteroatoms. The van der Waals surface area contributed by atoms with E-state index in [0.717, 1.165) is 0 Å². The first-order valence-corrected chi connectivity index (χ1v) is 10.0. The van der Waals surface area contributed by atoms with Crippen molar-refractivity contribution in [2.75, 3.05) is 0 Å². The van der Waals surface area contributed by atoms with Crippen LogP contribution < -0.4 is 10.6 Å². The minimum atomic E-state index is -1.16. The van der Waals surface area contributed by atoms with Crippen LogP contribution in [0.3, 0.4) is 0 Å². The Kier molecular flexibility index (Phi) is 8.21. The third kappa shape index (κ3) is 6.90. The van der Waals surface area contributed by atoms with Gasteiger partial charge in [0.1, 0.15) is 5.82 Å². The maximum atomic E-state index is 13.8. The third-order valence-electron chi connectivity index (χ3n) is 3.76. The summed E-state index contributed by atoms with van der Waals surface area (Å²) in [4.78, 5) is 36.8. The van der Waals surface area contributed by atoms with Crippen molar-refractivity contribution in [1.29, 1.82) is 0 Å². The Labute approximate surface area is 173 Å². The largest absolute Gasteiger partial charge is 0.449 e. The number of thioether (sulfide) groups is 1. The molecule has 0 aliphatic heterocycles. The molecule has 1 atom stereocenters. The molecule has 0 saturated heterocycles. The SMILES string of the molecule is CC(C)NC(=O)NC(=O)[C@H](C)OC(=O)c1ccccc1SCc1ccccc1F. The first kappa shape index (κ1) is 22.4. The average molecular weight is 418 g/mol. The van der Waals surface area contributed by atoms with Crippen LogP contribution in [0.5, 0.6) is 0 Å². The summed E-state index contributed by atoms with van der Waals surface area (Å²) in [6, 6.07) is 12.3. The van der Waals surface area contributed by atoms with Crippen molar-refractivity contribution >= 4 is 29.7 Å². The Hall–Kier alpha value is -2.87. The van der Waals surface area contributed by atoms with Crippen molar-refractivity contribution in [1.82, 2.24) is 10.6 Å². The first-order chi connectivity index (χ1) is 13.8. The molecule has 0 spiro atoms. The van der Waals surface area contributed by atoms with Crippen LogP contribution in [0.25, 0.3) is 0 Å². The Balaban J connectivity index is 2.01. The number of rotatable bonds is 7. The minimum absolute atomic E-state index is 0.140. The number of hydrogen-bond donors (Lipinski definition) is 2. The summed E-state index contributed by atoms with van der Waals surface area (Å²) in [5.74, 6) is -1.41. The fraction of sp³-hybridized carbons (Fsp3) is 0.286. The lowest BCUT2D eigenvalue weighted by Crippen LogP contribution is -2.46. The van der Waals surface area contributed by atoms with Crippen LogP contribution in [0.15, 0.2) is 53.4 Å². The Morgan fingerprint density at radius 1 is 1.03 bits per heavy atom. The van der Waals surface area contributed by atoms with E-state index < -0.39 is 24.0 Å². The number of urea groups is 1. The highest BCUT2D eigenvalue weighted by Gasteiger charge is 2.22. The molecule has 29 heavy (non-hydrogen) atoms. The van der Waals surface area contributed by atoms with Crippen molar-refractivity contribution in [3.63, 3.8) is 0 Å². The van der Waals surface area contributed by atoms with Gasteiger partial charge in [-0.2, -0.15) is 0 Å². The van der Waals surface area contributed by atoms with Gasteiger partial charge < -0.3 is 10.1 Å². The van der Waals surface area contributed by atoms with Crippen LogP contribution in [0.4, 0.5) is 9.18 Å². The number of imide groups is 1. The predicted octanol–water partition coefficient (Wildman–Crippen LogP) is 3.90. The van der Waals surface area contributed by atoms with Gasteiger partial charge in [-0.05, 0) is 44.5 Å². The minimum Gasteiger partial charge on any atom is -0.449 e. The topological polar surface area (TPSA) is 84.5 Å². The van der Waals surface area contributed by atoms with Crippen molar-refractivity contribution in [2.24, 2.45) is 0 Å². The average Bonchev–Trinajstić information content (AvgIpc) is 2.66. The van der Waals surface area contributed by atoms with Gasteiger partial charge in [0.15, 0.2) is 6.10 Å². The predicted molar refractivity (Wildman–Crippen MR) is 109 cm³/mol. The lowest BCUT2D eigenvalue weighted by molar-refractivity contribution is -0.127. The Morgan fingerprint density at radius 3 is 2.38 bits per heavy atom. The van der Waals surface area contributed by atoms with E-state index in [-0.39, 0.29) is 17.4 Å². The molecule has 0 fully saturated rings. The normalized spacial score (nSPS) is 11.6. The molecule has 0 unspecified atom stereocenters. The van der Waals surface area contributed by atoms with Gasteiger partial charge in [0.25, 0.3) is 5.91 Å². The molecule has 0 aromatic heterocycles. The lowest BCUT2D eigenvalue weighted by Gasteiger charge is -2.15. The number of halogens is 1. The quantitative estimate of drug-likeness (QED) is 0.526. The molecule has 154 valence electrons. The summed E-state index contributed by atoms with van der Waals surface area (Å²) in [5, 5.41) is 4.64. The van der Waals surface area contributed by atoms with E-state index in [1.165, 1.54) is 24.8 Å². The molecule has 3 amide bonds. The van der Waals surface area contributed by atoms with Gasteiger partial charge in [-0.1, -0.05) is 30.3 Å². The van der Waals surface area contributed by atoms with Gasteiger partial charge in [0.2, 0.25) is 0 Å². The summed E-state index contributed by atoms with van der Waals surface area (Å²) in [6.45, 7) is 4.89. The summed E-state index contributed by atoms with van der Waals surface area (Å²) in [6.07, 6.45) is -1.16. The molecule has 0 saturated carbocycles. The number of ether oxygens (including phenoxy) is 1. The van der Waals surface area contributed by atoms with E-state index >= 15 is 0 Å². The molecular weight excluding hydrogens is 395 g/mol. The second-order valence-electron chi connectivity index (χ2n) is 6.54. The molecule has 6 nitrogen and oxygen atoms in total. The van der Waals surface area contributed by atoms with Crippen molar-refractivity contribution in [2.45, 2.75) is 43.6 Å². The van der Waals surface area contributed by atoms with Crippen LogP contribution in [-0.4, -0.2) is 30.1 Å². The molecular formula is C21H23FN2O4S. The summed E-state index contributed by atoms with van der Waals surface area (Å²) in [5.41, 5.74) is 0.782. The maximum Gasteiger partial charge on any atom is 0.340 e. The van der Waals surface area contributed by atoms with Crippen LogP contribution in [0.1, 0.15) is 36.7 Å². The number of nitrogens with one attached hydrogen (secondary N) is 2. The monoisotopic (exact) mass is 418 g/mol. The molecule has 0 heterocycles. The van der Waals surface area contributed by atoms with Crippen molar-refractivity contribution in [3.8, 4) is 0 Å². The lowest BCUT2D eigenvalue weighted by atomic mass is 10.2. The molecule has 2 N–H and O–H groups in total. The number of amides is 3. The summed E-state index contributed by atoms with van der Waals surface area (Å²) >= 11 is 1.29. The number of benzene rings is 2. The van der Waals surface area contributed by atoms with E-state index in [4.69, 9.17) is 4.74 Å². The number of carbonyl (C=O) groups is 3. The number of esters is 1. The highest BCUT2D eigenvalue weighted by molar-refractivity contribution is 7.98. The Morgan fingerprint density at radius 2 is 1.69 bits per heavy atom. The smallest absolute Gasteiger partial charge is 0.340 e. The molecule has 0 bridgehead atoms. The highest BCUT2D eigenvalue weighted by atomic mass is 32.2. The molecule has 0 aliphatic rings. The maximum absolute atomic E-state index is 13.8.